The fourth-order valence-electron chi connectivity index (χ4n) is 4.38. The summed E-state index contributed by atoms with van der Waals surface area (Å²) in [5.41, 5.74) is 8.89. The van der Waals surface area contributed by atoms with Gasteiger partial charge in [-0.15, -0.1) is 0 Å². The maximum Gasteiger partial charge on any atom is 0.141 e. The van der Waals surface area contributed by atoms with E-state index in [1.54, 1.807) is 12.4 Å². The van der Waals surface area contributed by atoms with Gasteiger partial charge >= 0.3 is 0 Å². The van der Waals surface area contributed by atoms with Crippen molar-refractivity contribution in [2.75, 3.05) is 0 Å². The summed E-state index contributed by atoms with van der Waals surface area (Å²) in [4.78, 5) is 32.3. The van der Waals surface area contributed by atoms with E-state index in [4.69, 9.17) is 9.97 Å². The number of nitrogens with zero attached hydrogens (tertiary/aromatic N) is 4. The molecule has 0 unspecified atom stereocenters. The highest BCUT2D eigenvalue weighted by Crippen LogP contribution is 2.31. The molecule has 0 radical (unpaired) electrons. The van der Waals surface area contributed by atoms with Crippen molar-refractivity contribution in [1.29, 1.82) is 0 Å². The van der Waals surface area contributed by atoms with Gasteiger partial charge in [-0.2, -0.15) is 0 Å². The van der Waals surface area contributed by atoms with Gasteiger partial charge in [0.25, 0.3) is 0 Å². The normalized spacial score (nSPS) is 12.5. The first-order valence-electron chi connectivity index (χ1n) is 10.9. The maximum atomic E-state index is 5.03. The summed E-state index contributed by atoms with van der Waals surface area (Å²) in [6, 6.07) is 12.2. The predicted molar refractivity (Wildman–Crippen MR) is 134 cm³/mol. The minimum absolute atomic E-state index is 0.740. The van der Waals surface area contributed by atoms with Crippen LogP contribution >= 0.6 is 0 Å². The average molecular weight is 442 g/mol. The van der Waals surface area contributed by atoms with Crippen LogP contribution in [0.4, 0.5) is 0 Å². The topological polar surface area (TPSA) is 115 Å². The minimum Gasteiger partial charge on any atom is -0.355 e. The Morgan fingerprint density at radius 2 is 1.09 bits per heavy atom. The van der Waals surface area contributed by atoms with Crippen LogP contribution in [-0.2, 0) is 0 Å². The van der Waals surface area contributed by atoms with Gasteiger partial charge in [0.1, 0.15) is 11.6 Å². The van der Waals surface area contributed by atoms with Gasteiger partial charge < -0.3 is 19.9 Å². The molecule has 8 bridgehead atoms. The van der Waals surface area contributed by atoms with E-state index in [0.717, 1.165) is 67.6 Å². The van der Waals surface area contributed by atoms with Crippen LogP contribution in [0.1, 0.15) is 22.8 Å². The zero-order valence-corrected chi connectivity index (χ0v) is 17.9. The molecule has 8 nitrogen and oxygen atoms in total. The molecule has 162 valence electrons. The Labute approximate surface area is 193 Å². The first-order valence-corrected chi connectivity index (χ1v) is 10.9. The van der Waals surface area contributed by atoms with Crippen LogP contribution in [-0.4, -0.2) is 39.9 Å². The predicted octanol–water partition coefficient (Wildman–Crippen LogP) is 5.44. The molecule has 0 atom stereocenters. The molecular formula is C26H18N8. The van der Waals surface area contributed by atoms with Crippen molar-refractivity contribution in [1.82, 2.24) is 39.9 Å². The molecule has 0 fully saturated rings. The molecule has 0 aromatic carbocycles. The fourth-order valence-corrected chi connectivity index (χ4v) is 4.38. The highest BCUT2D eigenvalue weighted by molar-refractivity contribution is 5.93. The smallest absolute Gasteiger partial charge is 0.141 e. The number of aromatic amines is 4. The molecule has 34 heavy (non-hydrogen) atoms. The number of imidazole rings is 2. The SMILES string of the molecule is C1=Cc2cc3ccc([nH]3)c(-c3ncc[nH]3)c3nc(c(-c4ncc[nH]4)c4ccc(cc1n2)[nH]4)C=C3. The first kappa shape index (κ1) is 18.6. The van der Waals surface area contributed by atoms with Crippen molar-refractivity contribution in [3.05, 3.63) is 84.0 Å². The van der Waals surface area contributed by atoms with Crippen LogP contribution in [0.15, 0.2) is 61.2 Å². The third-order valence-corrected chi connectivity index (χ3v) is 5.87. The summed E-state index contributed by atoms with van der Waals surface area (Å²) in [7, 11) is 0. The fraction of sp³-hybridized carbons (Fsp3) is 0. The lowest BCUT2D eigenvalue weighted by atomic mass is 10.1. The van der Waals surface area contributed by atoms with Crippen LogP contribution in [0.5, 0.6) is 0 Å². The Bertz CT molecular complexity index is 1620. The Hall–Kier alpha value is -4.98. The van der Waals surface area contributed by atoms with Crippen molar-refractivity contribution >= 4 is 46.4 Å². The van der Waals surface area contributed by atoms with Crippen LogP contribution in [0.3, 0.4) is 0 Å². The summed E-state index contributed by atoms with van der Waals surface area (Å²) in [6.07, 6.45) is 15.2. The van der Waals surface area contributed by atoms with Gasteiger partial charge in [-0.1, -0.05) is 0 Å². The van der Waals surface area contributed by atoms with E-state index in [0.29, 0.717) is 0 Å². The molecule has 5 aromatic heterocycles. The van der Waals surface area contributed by atoms with Gasteiger partial charge in [0.15, 0.2) is 0 Å². The highest BCUT2D eigenvalue weighted by Gasteiger charge is 2.16. The van der Waals surface area contributed by atoms with E-state index in [9.17, 15) is 0 Å². The van der Waals surface area contributed by atoms with E-state index >= 15 is 0 Å². The van der Waals surface area contributed by atoms with Gasteiger partial charge in [0.2, 0.25) is 0 Å². The Kier molecular flexibility index (Phi) is 3.98. The van der Waals surface area contributed by atoms with Gasteiger partial charge in [-0.05, 0) is 60.7 Å². The van der Waals surface area contributed by atoms with E-state index in [-0.39, 0.29) is 0 Å². The van der Waals surface area contributed by atoms with Crippen LogP contribution in [0, 0.1) is 0 Å². The van der Waals surface area contributed by atoms with Crippen molar-refractivity contribution in [2.45, 2.75) is 0 Å². The van der Waals surface area contributed by atoms with Crippen LogP contribution < -0.4 is 0 Å². The summed E-state index contributed by atoms with van der Waals surface area (Å²) in [6.45, 7) is 0. The van der Waals surface area contributed by atoms with Gasteiger partial charge in [-0.25, -0.2) is 19.9 Å². The second kappa shape index (κ2) is 7.28. The second-order valence-electron chi connectivity index (χ2n) is 8.08. The van der Waals surface area contributed by atoms with Crippen LogP contribution in [0.2, 0.25) is 0 Å². The summed E-state index contributed by atoms with van der Waals surface area (Å²) in [5.74, 6) is 1.48. The summed E-state index contributed by atoms with van der Waals surface area (Å²) < 4.78 is 0. The second-order valence-corrected chi connectivity index (χ2v) is 8.08. The zero-order chi connectivity index (χ0) is 22.5. The van der Waals surface area contributed by atoms with Crippen LogP contribution in [0.25, 0.3) is 69.1 Å². The maximum absolute atomic E-state index is 5.03. The third kappa shape index (κ3) is 3.08. The average Bonchev–Trinajstić information content (AvgIpc) is 3.67. The largest absolute Gasteiger partial charge is 0.355 e. The number of hydrogen-bond acceptors (Lipinski definition) is 4. The lowest BCUT2D eigenvalue weighted by Gasteiger charge is -2.00. The van der Waals surface area contributed by atoms with Gasteiger partial charge in [0, 0.05) is 35.8 Å². The molecule has 0 amide bonds. The number of rotatable bonds is 2. The van der Waals surface area contributed by atoms with Crippen molar-refractivity contribution < 1.29 is 0 Å². The first-order chi connectivity index (χ1) is 16.8. The van der Waals surface area contributed by atoms with E-state index < -0.39 is 0 Å². The van der Waals surface area contributed by atoms with Crippen molar-refractivity contribution in [3.8, 4) is 22.8 Å². The summed E-state index contributed by atoms with van der Waals surface area (Å²) >= 11 is 0. The quantitative estimate of drug-likeness (QED) is 0.285. The molecule has 7 heterocycles. The Morgan fingerprint density at radius 3 is 1.56 bits per heavy atom. The minimum atomic E-state index is 0.740. The molecule has 0 spiro atoms. The molecule has 0 aliphatic carbocycles. The zero-order valence-electron chi connectivity index (χ0n) is 17.9. The molecule has 0 saturated carbocycles. The molecule has 7 rings (SSSR count). The number of fused-ring (bicyclic) bond motifs is 8. The monoisotopic (exact) mass is 442 g/mol. The lowest BCUT2D eigenvalue weighted by Crippen LogP contribution is -1.89. The number of aromatic nitrogens is 8. The van der Waals surface area contributed by atoms with E-state index in [2.05, 4.69) is 29.9 Å². The third-order valence-electron chi connectivity index (χ3n) is 5.87. The van der Waals surface area contributed by atoms with Crippen molar-refractivity contribution in [2.24, 2.45) is 0 Å². The number of hydrogen-bond donors (Lipinski definition) is 4. The Morgan fingerprint density at radius 1 is 0.559 bits per heavy atom. The molecule has 4 N–H and O–H groups in total. The molecule has 0 saturated heterocycles. The summed E-state index contributed by atoms with van der Waals surface area (Å²) in [5, 5.41) is 0. The number of H-pyrrole nitrogens is 4. The van der Waals surface area contributed by atoms with Gasteiger partial charge in [-0.3, -0.25) is 0 Å². The van der Waals surface area contributed by atoms with Crippen molar-refractivity contribution in [3.63, 3.8) is 0 Å². The molecular weight excluding hydrogens is 424 g/mol. The Balaban J connectivity index is 1.65. The molecule has 5 aromatic rings. The molecule has 8 heteroatoms. The highest BCUT2D eigenvalue weighted by atomic mass is 14.9. The molecule has 2 aliphatic rings. The van der Waals surface area contributed by atoms with E-state index in [1.165, 1.54) is 0 Å². The number of nitrogens with one attached hydrogen (secondary N) is 4. The van der Waals surface area contributed by atoms with Gasteiger partial charge in [0.05, 0.1) is 44.9 Å². The lowest BCUT2D eigenvalue weighted by molar-refractivity contribution is 1.25. The molecule has 2 aliphatic heterocycles. The standard InChI is InChI=1S/C26H18N8/c1-2-16-14-18-4-6-20(33-18)24(26-29-11-12-30-26)22-8-7-21(34-22)23(25-27-9-10-28-25)19-5-3-17(32-19)13-15(1)31-16/h1-14,32-33H,(H,27,28)(H,29,30). The van der Waals surface area contributed by atoms with E-state index in [1.807, 2.05) is 73.1 Å².